The molecule has 0 saturated heterocycles. The number of hydrogen-bond donors (Lipinski definition) is 2. The lowest BCUT2D eigenvalue weighted by atomic mass is 9.86. The van der Waals surface area contributed by atoms with E-state index in [-0.39, 0.29) is 40.6 Å². The first kappa shape index (κ1) is 24.5. The second kappa shape index (κ2) is 9.19. The van der Waals surface area contributed by atoms with Gasteiger partial charge in [-0.05, 0) is 38.5 Å². The van der Waals surface area contributed by atoms with Crippen molar-refractivity contribution in [1.29, 1.82) is 0 Å². The van der Waals surface area contributed by atoms with Crippen molar-refractivity contribution in [3.05, 3.63) is 82.3 Å². The van der Waals surface area contributed by atoms with E-state index in [1.54, 1.807) is 0 Å². The molecule has 1 aromatic heterocycles. The summed E-state index contributed by atoms with van der Waals surface area (Å²) < 4.78 is 26.9. The zero-order valence-corrected chi connectivity index (χ0v) is 20.3. The molecule has 1 aliphatic rings. The maximum atomic E-state index is 15.1. The number of nitrogens with two attached hydrogens (primary N) is 1. The molecule has 4 rings (SSSR count). The van der Waals surface area contributed by atoms with E-state index in [1.807, 2.05) is 51.1 Å². The fourth-order valence-electron chi connectivity index (χ4n) is 4.11. The minimum Gasteiger partial charge on any atom is -0.462 e. The van der Waals surface area contributed by atoms with Gasteiger partial charge >= 0.3 is 6.09 Å². The summed E-state index contributed by atoms with van der Waals surface area (Å²) >= 11 is 6.50. The third-order valence-electron chi connectivity index (χ3n) is 5.59. The van der Waals surface area contributed by atoms with Crippen LogP contribution < -0.4 is 15.8 Å². The van der Waals surface area contributed by atoms with Crippen molar-refractivity contribution in [2.24, 2.45) is 5.73 Å². The van der Waals surface area contributed by atoms with Gasteiger partial charge in [0.2, 0.25) is 11.8 Å². The van der Waals surface area contributed by atoms with Gasteiger partial charge in [0.05, 0.1) is 11.2 Å². The van der Waals surface area contributed by atoms with Gasteiger partial charge in [0, 0.05) is 34.2 Å². The lowest BCUT2D eigenvalue weighted by molar-refractivity contribution is 0.00787. The Labute approximate surface area is 207 Å². The van der Waals surface area contributed by atoms with Crippen LogP contribution in [-0.2, 0) is 16.8 Å². The number of hydrogen-bond acceptors (Lipinski definition) is 5. The zero-order valence-electron chi connectivity index (χ0n) is 19.5. The number of pyridine rings is 1. The molecule has 3 aromatic rings. The highest BCUT2D eigenvalue weighted by atomic mass is 35.5. The van der Waals surface area contributed by atoms with E-state index in [2.05, 4.69) is 10.3 Å². The minimum absolute atomic E-state index is 0.0154. The molecule has 7 nitrogen and oxygen atoms in total. The number of amides is 2. The lowest BCUT2D eigenvalue weighted by Gasteiger charge is -2.29. The van der Waals surface area contributed by atoms with Gasteiger partial charge in [0.1, 0.15) is 12.4 Å². The predicted molar refractivity (Wildman–Crippen MR) is 130 cm³/mol. The van der Waals surface area contributed by atoms with Crippen LogP contribution in [-0.4, -0.2) is 29.1 Å². The van der Waals surface area contributed by atoms with Crippen molar-refractivity contribution in [2.75, 3.05) is 6.61 Å². The summed E-state index contributed by atoms with van der Waals surface area (Å²) in [5.41, 5.74) is 5.32. The summed E-state index contributed by atoms with van der Waals surface area (Å²) in [7, 11) is 0. The number of ether oxygens (including phenoxy) is 2. The summed E-state index contributed by atoms with van der Waals surface area (Å²) in [5.74, 6) is -1.25. The molecule has 1 aliphatic heterocycles. The molecule has 0 bridgehead atoms. The molecule has 0 fully saturated rings. The Morgan fingerprint density at radius 2 is 1.89 bits per heavy atom. The van der Waals surface area contributed by atoms with Crippen molar-refractivity contribution in [3.63, 3.8) is 0 Å². The number of halogens is 2. The monoisotopic (exact) mass is 497 g/mol. The SMILES string of the molecule is CC(C)(C)NC(=O)OCC1(c2ccccc2)Cc2c(ncc(Cl)c2-c2c(F)cccc2C(N)=O)O1. The Hall–Kier alpha value is -3.65. The van der Waals surface area contributed by atoms with Crippen molar-refractivity contribution >= 4 is 23.6 Å². The molecule has 2 amide bonds. The van der Waals surface area contributed by atoms with Gasteiger partial charge in [-0.2, -0.15) is 0 Å². The molecule has 2 heterocycles. The van der Waals surface area contributed by atoms with Crippen molar-refractivity contribution in [1.82, 2.24) is 10.3 Å². The summed E-state index contributed by atoms with van der Waals surface area (Å²) in [6.45, 7) is 5.37. The molecular formula is C26H25ClFN3O4. The number of benzene rings is 2. The molecule has 9 heteroatoms. The molecule has 35 heavy (non-hydrogen) atoms. The fraction of sp³-hybridized carbons (Fsp3) is 0.269. The van der Waals surface area contributed by atoms with Crippen LogP contribution in [0.4, 0.5) is 9.18 Å². The van der Waals surface area contributed by atoms with Crippen LogP contribution in [0.1, 0.15) is 42.3 Å². The Kier molecular flexibility index (Phi) is 6.42. The summed E-state index contributed by atoms with van der Waals surface area (Å²) in [6, 6.07) is 13.3. The van der Waals surface area contributed by atoms with Gasteiger partial charge < -0.3 is 20.5 Å². The van der Waals surface area contributed by atoms with E-state index in [0.717, 1.165) is 5.56 Å². The molecule has 182 valence electrons. The zero-order chi connectivity index (χ0) is 25.4. The molecular weight excluding hydrogens is 473 g/mol. The van der Waals surface area contributed by atoms with Crippen LogP contribution in [0.15, 0.2) is 54.7 Å². The summed E-state index contributed by atoms with van der Waals surface area (Å²) in [6.07, 6.45) is 0.884. The Bertz CT molecular complexity index is 1290. The topological polar surface area (TPSA) is 104 Å². The van der Waals surface area contributed by atoms with Crippen LogP contribution in [0.2, 0.25) is 5.02 Å². The summed E-state index contributed by atoms with van der Waals surface area (Å²) in [4.78, 5) is 28.8. The number of primary amides is 1. The van der Waals surface area contributed by atoms with Gasteiger partial charge in [-0.15, -0.1) is 0 Å². The van der Waals surface area contributed by atoms with E-state index in [4.69, 9.17) is 26.8 Å². The first-order chi connectivity index (χ1) is 16.5. The number of carbonyl (C=O) groups excluding carboxylic acids is 2. The molecule has 0 spiro atoms. The van der Waals surface area contributed by atoms with Crippen LogP contribution in [0.25, 0.3) is 11.1 Å². The highest BCUT2D eigenvalue weighted by Gasteiger charge is 2.45. The minimum atomic E-state index is -1.15. The first-order valence-electron chi connectivity index (χ1n) is 11.0. The molecule has 1 unspecified atom stereocenters. The number of rotatable bonds is 5. The normalized spacial score (nSPS) is 16.8. The Morgan fingerprint density at radius 3 is 2.54 bits per heavy atom. The third kappa shape index (κ3) is 4.93. The van der Waals surface area contributed by atoms with E-state index in [1.165, 1.54) is 24.4 Å². The van der Waals surface area contributed by atoms with E-state index >= 15 is 4.39 Å². The molecule has 3 N–H and O–H groups in total. The molecule has 1 atom stereocenters. The van der Waals surface area contributed by atoms with E-state index in [0.29, 0.717) is 5.56 Å². The van der Waals surface area contributed by atoms with Gasteiger partial charge in [-0.25, -0.2) is 14.2 Å². The number of alkyl carbamates (subject to hydrolysis) is 1. The summed E-state index contributed by atoms with van der Waals surface area (Å²) in [5, 5.41) is 2.89. The number of nitrogens with one attached hydrogen (secondary N) is 1. The first-order valence-corrected chi connectivity index (χ1v) is 11.3. The van der Waals surface area contributed by atoms with Crippen molar-refractivity contribution in [3.8, 4) is 17.0 Å². The van der Waals surface area contributed by atoms with Crippen molar-refractivity contribution in [2.45, 2.75) is 38.3 Å². The second-order valence-corrected chi connectivity index (χ2v) is 9.79. The molecule has 2 aromatic carbocycles. The predicted octanol–water partition coefficient (Wildman–Crippen LogP) is 5.00. The Morgan fingerprint density at radius 1 is 1.17 bits per heavy atom. The van der Waals surface area contributed by atoms with E-state index in [9.17, 15) is 9.59 Å². The molecule has 0 saturated carbocycles. The average Bonchev–Trinajstić information content (AvgIpc) is 3.17. The van der Waals surface area contributed by atoms with Crippen molar-refractivity contribution < 1.29 is 23.5 Å². The largest absolute Gasteiger partial charge is 0.462 e. The quantitative estimate of drug-likeness (QED) is 0.516. The van der Waals surface area contributed by atoms with E-state index < -0.39 is 29.0 Å². The third-order valence-corrected chi connectivity index (χ3v) is 5.88. The van der Waals surface area contributed by atoms with Gasteiger partial charge in [0.25, 0.3) is 0 Å². The number of aromatic nitrogens is 1. The highest BCUT2D eigenvalue weighted by molar-refractivity contribution is 6.33. The fourth-order valence-corrected chi connectivity index (χ4v) is 4.37. The van der Waals surface area contributed by atoms with Gasteiger partial charge in [0.15, 0.2) is 5.60 Å². The van der Waals surface area contributed by atoms with Crippen LogP contribution in [0, 0.1) is 5.82 Å². The van der Waals surface area contributed by atoms with Gasteiger partial charge in [-0.1, -0.05) is 48.0 Å². The van der Waals surface area contributed by atoms with Gasteiger partial charge in [-0.3, -0.25) is 4.79 Å². The molecule has 0 radical (unpaired) electrons. The maximum absolute atomic E-state index is 15.1. The number of nitrogens with zero attached hydrogens (tertiary/aromatic N) is 1. The molecule has 0 aliphatic carbocycles. The average molecular weight is 498 g/mol. The lowest BCUT2D eigenvalue weighted by Crippen LogP contribution is -2.44. The van der Waals surface area contributed by atoms with Crippen LogP contribution in [0.3, 0.4) is 0 Å². The highest BCUT2D eigenvalue weighted by Crippen LogP contribution is 2.48. The number of fused-ring (bicyclic) bond motifs is 1. The standard InChI is InChI=1S/C26H25ClFN3O4/c1-25(2,3)31-24(33)34-14-26(15-8-5-4-6-9-15)12-17-20(18(27)13-30-23(17)35-26)21-16(22(29)32)10-7-11-19(21)28/h4-11,13H,12,14H2,1-3H3,(H2,29,32)(H,31,33). The maximum Gasteiger partial charge on any atom is 0.407 e. The Balaban J connectivity index is 1.80. The van der Waals surface area contributed by atoms with Crippen LogP contribution in [0.5, 0.6) is 5.88 Å². The number of carbonyl (C=O) groups is 2. The second-order valence-electron chi connectivity index (χ2n) is 9.38. The smallest absolute Gasteiger partial charge is 0.407 e. The van der Waals surface area contributed by atoms with Crippen LogP contribution >= 0.6 is 11.6 Å².